The minimum Gasteiger partial charge on any atom is -0.481 e. The molecule has 2 rings (SSSR count). The fraction of sp³-hybridized carbons (Fsp3) is 0.167. The van der Waals surface area contributed by atoms with Gasteiger partial charge in [-0.15, -0.1) is 0 Å². The first-order valence-electron chi connectivity index (χ1n) is 5.36. The lowest BCUT2D eigenvalue weighted by Crippen LogP contribution is -2.09. The number of nitrogens with zero attached hydrogens (tertiary/aromatic N) is 2. The smallest absolute Gasteiger partial charge is 0.213 e. The minimum atomic E-state index is -3.55. The van der Waals surface area contributed by atoms with Crippen LogP contribution in [0.3, 0.4) is 0 Å². The molecule has 2 aromatic rings. The van der Waals surface area contributed by atoms with Crippen molar-refractivity contribution in [3.8, 4) is 5.88 Å². The molecule has 0 aromatic carbocycles. The maximum Gasteiger partial charge on any atom is 0.213 e. The van der Waals surface area contributed by atoms with Gasteiger partial charge in [0.15, 0.2) is 5.03 Å². The Labute approximate surface area is 119 Å². The molecule has 2 aromatic heterocycles. The second kappa shape index (κ2) is 5.66. The number of pyridine rings is 2. The summed E-state index contributed by atoms with van der Waals surface area (Å²) in [5.41, 5.74) is 0.414. The average Bonchev–Trinajstić information content (AvgIpc) is 2.38. The van der Waals surface area contributed by atoms with Crippen LogP contribution in [0.25, 0.3) is 0 Å². The van der Waals surface area contributed by atoms with E-state index in [-0.39, 0.29) is 10.8 Å². The number of sulfone groups is 1. The van der Waals surface area contributed by atoms with E-state index < -0.39 is 9.84 Å². The van der Waals surface area contributed by atoms with E-state index in [1.54, 1.807) is 30.3 Å². The predicted octanol–water partition coefficient (Wildman–Crippen LogP) is 2.22. The van der Waals surface area contributed by atoms with Crippen molar-refractivity contribution in [3.63, 3.8) is 0 Å². The summed E-state index contributed by atoms with van der Waals surface area (Å²) in [7, 11) is -2.06. The molecule has 0 unspecified atom stereocenters. The number of hydrogen-bond acceptors (Lipinski definition) is 5. The van der Waals surface area contributed by atoms with Crippen LogP contribution in [-0.4, -0.2) is 25.5 Å². The van der Waals surface area contributed by atoms with Crippen LogP contribution in [0.5, 0.6) is 5.88 Å². The van der Waals surface area contributed by atoms with E-state index in [4.69, 9.17) is 4.74 Å². The van der Waals surface area contributed by atoms with Gasteiger partial charge in [0.25, 0.3) is 0 Å². The van der Waals surface area contributed by atoms with E-state index in [0.717, 1.165) is 0 Å². The van der Waals surface area contributed by atoms with Gasteiger partial charge >= 0.3 is 0 Å². The number of ether oxygens (including phenoxy) is 1. The van der Waals surface area contributed by atoms with Crippen LogP contribution in [0.1, 0.15) is 5.69 Å². The van der Waals surface area contributed by atoms with Crippen molar-refractivity contribution in [2.75, 3.05) is 7.11 Å². The highest BCUT2D eigenvalue weighted by molar-refractivity contribution is 9.10. The van der Waals surface area contributed by atoms with Gasteiger partial charge in [-0.2, -0.15) is 0 Å². The largest absolute Gasteiger partial charge is 0.481 e. The quantitative estimate of drug-likeness (QED) is 0.851. The van der Waals surface area contributed by atoms with Crippen molar-refractivity contribution in [2.45, 2.75) is 10.8 Å². The van der Waals surface area contributed by atoms with Gasteiger partial charge in [0.2, 0.25) is 15.7 Å². The molecule has 5 nitrogen and oxygen atoms in total. The third kappa shape index (κ3) is 3.30. The Hall–Kier alpha value is -1.47. The highest BCUT2D eigenvalue weighted by Gasteiger charge is 2.20. The van der Waals surface area contributed by atoms with E-state index >= 15 is 0 Å². The van der Waals surface area contributed by atoms with Gasteiger partial charge in [-0.05, 0) is 34.1 Å². The molecule has 0 aliphatic heterocycles. The summed E-state index contributed by atoms with van der Waals surface area (Å²) in [4.78, 5) is 7.98. The summed E-state index contributed by atoms with van der Waals surface area (Å²) >= 11 is 3.19. The Morgan fingerprint density at radius 2 is 2.05 bits per heavy atom. The lowest BCUT2D eigenvalue weighted by Gasteiger charge is -2.06. The molecule has 0 N–H and O–H groups in total. The first-order chi connectivity index (χ1) is 9.03. The lowest BCUT2D eigenvalue weighted by molar-refractivity contribution is 0.396. The highest BCUT2D eigenvalue weighted by Crippen LogP contribution is 2.22. The zero-order valence-corrected chi connectivity index (χ0v) is 12.5. The van der Waals surface area contributed by atoms with E-state index in [1.165, 1.54) is 13.3 Å². The third-order valence-corrected chi connectivity index (χ3v) is 4.84. The molecule has 0 fully saturated rings. The zero-order valence-electron chi connectivity index (χ0n) is 10.1. The summed E-state index contributed by atoms with van der Waals surface area (Å²) in [5, 5.41) is 0.0135. The molecular weight excluding hydrogens is 332 g/mol. The van der Waals surface area contributed by atoms with Crippen molar-refractivity contribution in [1.82, 2.24) is 9.97 Å². The molecule has 0 saturated carbocycles. The van der Waals surface area contributed by atoms with Crippen LogP contribution in [0.2, 0.25) is 0 Å². The van der Waals surface area contributed by atoms with E-state index in [9.17, 15) is 8.42 Å². The van der Waals surface area contributed by atoms with Crippen molar-refractivity contribution in [1.29, 1.82) is 0 Å². The fourth-order valence-electron chi connectivity index (χ4n) is 1.51. The molecule has 0 atom stereocenters. The molecule has 0 spiro atoms. The average molecular weight is 343 g/mol. The van der Waals surface area contributed by atoms with Gasteiger partial charge < -0.3 is 4.74 Å². The monoisotopic (exact) mass is 342 g/mol. The van der Waals surface area contributed by atoms with Crippen LogP contribution in [-0.2, 0) is 15.6 Å². The first kappa shape index (κ1) is 14.0. The molecular formula is C12H11BrN2O3S. The predicted molar refractivity (Wildman–Crippen MR) is 73.6 cm³/mol. The number of methoxy groups -OCH3 is 1. The van der Waals surface area contributed by atoms with Gasteiger partial charge in [0.1, 0.15) is 0 Å². The third-order valence-electron chi connectivity index (χ3n) is 2.35. The number of halogens is 1. The van der Waals surface area contributed by atoms with Crippen LogP contribution in [0.15, 0.2) is 46.0 Å². The molecule has 7 heteroatoms. The second-order valence-electron chi connectivity index (χ2n) is 3.72. The second-order valence-corrected chi connectivity index (χ2v) is 6.48. The van der Waals surface area contributed by atoms with Gasteiger partial charge in [0.05, 0.1) is 23.0 Å². The summed E-state index contributed by atoms with van der Waals surface area (Å²) in [6, 6.07) is 8.29. The summed E-state index contributed by atoms with van der Waals surface area (Å²) < 4.78 is 29.9. The van der Waals surface area contributed by atoms with Crippen molar-refractivity contribution in [3.05, 3.63) is 46.7 Å². The maximum absolute atomic E-state index is 12.2. The van der Waals surface area contributed by atoms with Crippen molar-refractivity contribution in [2.24, 2.45) is 0 Å². The Bertz CT molecular complexity index is 689. The summed E-state index contributed by atoms with van der Waals surface area (Å²) in [6.07, 6.45) is 1.44. The highest BCUT2D eigenvalue weighted by atomic mass is 79.9. The number of rotatable bonds is 4. The Morgan fingerprint density at radius 1 is 1.26 bits per heavy atom. The fourth-order valence-corrected chi connectivity index (χ4v) is 3.78. The molecule has 0 radical (unpaired) electrons. The standard InChI is InChI=1S/C12H11BrN2O3S/c1-18-11-6-2-4-9(15-11)8-19(16,17)12-10(13)5-3-7-14-12/h2-7H,8H2,1H3. The molecule has 2 heterocycles. The first-order valence-corrected chi connectivity index (χ1v) is 7.80. The van der Waals surface area contributed by atoms with Crippen molar-refractivity contribution < 1.29 is 13.2 Å². The zero-order chi connectivity index (χ0) is 13.9. The van der Waals surface area contributed by atoms with Crippen LogP contribution < -0.4 is 4.74 Å². The van der Waals surface area contributed by atoms with Crippen molar-refractivity contribution >= 4 is 25.8 Å². The molecule has 0 bridgehead atoms. The van der Waals surface area contributed by atoms with Crippen LogP contribution in [0.4, 0.5) is 0 Å². The normalized spacial score (nSPS) is 11.3. The molecule has 0 amide bonds. The van der Waals surface area contributed by atoms with Gasteiger partial charge in [-0.1, -0.05) is 6.07 Å². The van der Waals surface area contributed by atoms with Gasteiger partial charge in [-0.3, -0.25) is 0 Å². The molecule has 100 valence electrons. The number of hydrogen-bond donors (Lipinski definition) is 0. The minimum absolute atomic E-state index is 0.0135. The Balaban J connectivity index is 2.34. The lowest BCUT2D eigenvalue weighted by atomic mass is 10.4. The number of aromatic nitrogens is 2. The molecule has 0 saturated heterocycles. The summed E-state index contributed by atoms with van der Waals surface area (Å²) in [5.74, 6) is 0.160. The Kier molecular flexibility index (Phi) is 4.16. The van der Waals surface area contributed by atoms with Gasteiger partial charge in [0, 0.05) is 12.3 Å². The SMILES string of the molecule is COc1cccc(CS(=O)(=O)c2ncccc2Br)n1. The van der Waals surface area contributed by atoms with E-state index in [2.05, 4.69) is 25.9 Å². The molecule has 0 aliphatic rings. The van der Waals surface area contributed by atoms with E-state index in [0.29, 0.717) is 16.0 Å². The summed E-state index contributed by atoms with van der Waals surface area (Å²) in [6.45, 7) is 0. The topological polar surface area (TPSA) is 69.2 Å². The molecule has 19 heavy (non-hydrogen) atoms. The Morgan fingerprint density at radius 3 is 2.74 bits per heavy atom. The van der Waals surface area contributed by atoms with Crippen LogP contribution in [0, 0.1) is 0 Å². The van der Waals surface area contributed by atoms with E-state index in [1.807, 2.05) is 0 Å². The maximum atomic E-state index is 12.2. The van der Waals surface area contributed by atoms with Gasteiger partial charge in [-0.25, -0.2) is 18.4 Å². The van der Waals surface area contributed by atoms with Crippen LogP contribution >= 0.6 is 15.9 Å². The molecule has 0 aliphatic carbocycles.